The van der Waals surface area contributed by atoms with Crippen LogP contribution in [0.15, 0.2) is 4.99 Å². The molecule has 0 unspecified atom stereocenters. The molecule has 0 spiro atoms. The number of piperazine rings is 1. The van der Waals surface area contributed by atoms with Gasteiger partial charge in [-0.2, -0.15) is 0 Å². The molecule has 0 aromatic rings. The zero-order valence-corrected chi connectivity index (χ0v) is 15.6. The summed E-state index contributed by atoms with van der Waals surface area (Å²) < 4.78 is 0. The number of nitrogens with zero attached hydrogens (tertiary/aromatic N) is 2. The van der Waals surface area contributed by atoms with Crippen molar-refractivity contribution in [3.05, 3.63) is 0 Å². The average Bonchev–Trinajstić information content (AvgIpc) is 2.46. The van der Waals surface area contributed by atoms with Gasteiger partial charge in [-0.15, -0.1) is 0 Å². The zero-order chi connectivity index (χ0) is 16.9. The number of quaternary nitrogens is 1. The first-order valence-electron chi connectivity index (χ1n) is 8.80. The fourth-order valence-corrected chi connectivity index (χ4v) is 3.85. The molecule has 0 amide bonds. The summed E-state index contributed by atoms with van der Waals surface area (Å²) in [6.07, 6.45) is 2.24. The lowest BCUT2D eigenvalue weighted by molar-refractivity contribution is -0.902. The molecule has 0 bridgehead atoms. The van der Waals surface area contributed by atoms with Gasteiger partial charge in [0, 0.05) is 25.1 Å². The van der Waals surface area contributed by atoms with Gasteiger partial charge in [-0.3, -0.25) is 9.79 Å². The summed E-state index contributed by atoms with van der Waals surface area (Å²) >= 11 is 5.37. The number of thiocarbonyl (C=S) groups is 1. The SMILES string of the molecule is CCNC(=S)N1CC[NH+](CCN=C2CC(=O)CC(C)(C)C2)CC1. The number of nitrogens with one attached hydrogen (secondary N) is 2. The Morgan fingerprint density at radius 1 is 1.35 bits per heavy atom. The molecular weight excluding hydrogens is 308 g/mol. The van der Waals surface area contributed by atoms with Crippen molar-refractivity contribution in [3.63, 3.8) is 0 Å². The van der Waals surface area contributed by atoms with E-state index >= 15 is 0 Å². The maximum absolute atomic E-state index is 11.8. The summed E-state index contributed by atoms with van der Waals surface area (Å²) in [6.45, 7) is 13.4. The first-order valence-corrected chi connectivity index (χ1v) is 9.21. The van der Waals surface area contributed by atoms with Crippen molar-refractivity contribution in [2.45, 2.75) is 40.0 Å². The molecule has 1 aliphatic heterocycles. The molecule has 2 aliphatic rings. The first kappa shape index (κ1) is 18.3. The minimum absolute atomic E-state index is 0.0919. The number of aliphatic imine (C=N–C) groups is 1. The number of ketones is 1. The molecule has 2 N–H and O–H groups in total. The van der Waals surface area contributed by atoms with Crippen LogP contribution in [0.5, 0.6) is 0 Å². The molecule has 5 nitrogen and oxygen atoms in total. The van der Waals surface area contributed by atoms with Gasteiger partial charge in [0.25, 0.3) is 0 Å². The Morgan fingerprint density at radius 2 is 2.04 bits per heavy atom. The first-order chi connectivity index (χ1) is 10.9. The number of hydrogen-bond donors (Lipinski definition) is 2. The van der Waals surface area contributed by atoms with Crippen molar-refractivity contribution in [2.75, 3.05) is 45.8 Å². The van der Waals surface area contributed by atoms with Crippen molar-refractivity contribution in [2.24, 2.45) is 10.4 Å². The van der Waals surface area contributed by atoms with Crippen LogP contribution in [0.25, 0.3) is 0 Å². The smallest absolute Gasteiger partial charge is 0.169 e. The fraction of sp³-hybridized carbons (Fsp3) is 0.824. The highest BCUT2D eigenvalue weighted by Gasteiger charge is 2.30. The van der Waals surface area contributed by atoms with Crippen molar-refractivity contribution in [3.8, 4) is 0 Å². The van der Waals surface area contributed by atoms with Gasteiger partial charge in [0.2, 0.25) is 0 Å². The zero-order valence-electron chi connectivity index (χ0n) is 14.8. The van der Waals surface area contributed by atoms with Crippen LogP contribution in [0, 0.1) is 5.41 Å². The van der Waals surface area contributed by atoms with Crippen molar-refractivity contribution in [1.29, 1.82) is 0 Å². The molecule has 1 heterocycles. The Morgan fingerprint density at radius 3 is 2.65 bits per heavy atom. The highest BCUT2D eigenvalue weighted by molar-refractivity contribution is 7.80. The Kier molecular flexibility index (Phi) is 6.53. The Labute approximate surface area is 145 Å². The topological polar surface area (TPSA) is 49.1 Å². The highest BCUT2D eigenvalue weighted by Crippen LogP contribution is 2.31. The second kappa shape index (κ2) is 8.20. The quantitative estimate of drug-likeness (QED) is 0.724. The van der Waals surface area contributed by atoms with Crippen LogP contribution in [-0.4, -0.2) is 67.3 Å². The summed E-state index contributed by atoms with van der Waals surface area (Å²) in [6, 6.07) is 0. The van der Waals surface area contributed by atoms with Crippen LogP contribution < -0.4 is 10.2 Å². The molecule has 1 aliphatic carbocycles. The largest absolute Gasteiger partial charge is 0.363 e. The maximum Gasteiger partial charge on any atom is 0.169 e. The Hall–Kier alpha value is -1.01. The minimum Gasteiger partial charge on any atom is -0.363 e. The molecule has 1 saturated carbocycles. The molecule has 2 fully saturated rings. The van der Waals surface area contributed by atoms with Crippen LogP contribution in [0.2, 0.25) is 0 Å². The standard InChI is InChI=1S/C17H30N4OS/c1-4-18-16(23)21-9-7-20(8-10-21)6-5-19-14-11-15(22)13-17(2,3)12-14/h4-13H2,1-3H3,(H,18,23)/p+1. The lowest BCUT2D eigenvalue weighted by atomic mass is 9.76. The Bertz CT molecular complexity index is 467. The summed E-state index contributed by atoms with van der Waals surface area (Å²) in [5.74, 6) is 0.345. The maximum atomic E-state index is 11.8. The lowest BCUT2D eigenvalue weighted by Crippen LogP contribution is -3.15. The number of hydrogen-bond acceptors (Lipinski definition) is 3. The van der Waals surface area contributed by atoms with Crippen molar-refractivity contribution < 1.29 is 9.69 Å². The molecule has 6 heteroatoms. The number of carbonyl (C=O) groups is 1. The molecule has 23 heavy (non-hydrogen) atoms. The third-order valence-corrected chi connectivity index (χ3v) is 5.05. The molecule has 2 rings (SSSR count). The van der Waals surface area contributed by atoms with Crippen LogP contribution in [0.4, 0.5) is 0 Å². The molecule has 0 atom stereocenters. The average molecular weight is 340 g/mol. The second-order valence-corrected chi connectivity index (χ2v) is 7.89. The van der Waals surface area contributed by atoms with Gasteiger partial charge >= 0.3 is 0 Å². The van der Waals surface area contributed by atoms with Gasteiger partial charge in [-0.25, -0.2) is 0 Å². The molecule has 0 aromatic carbocycles. The van der Waals surface area contributed by atoms with Crippen molar-refractivity contribution >= 4 is 28.8 Å². The number of rotatable bonds is 4. The van der Waals surface area contributed by atoms with E-state index in [4.69, 9.17) is 17.2 Å². The fourth-order valence-electron chi connectivity index (χ4n) is 3.52. The third kappa shape index (κ3) is 5.84. The van der Waals surface area contributed by atoms with Gasteiger partial charge < -0.3 is 15.1 Å². The van der Waals surface area contributed by atoms with E-state index in [1.54, 1.807) is 4.90 Å². The van der Waals surface area contributed by atoms with E-state index in [0.717, 1.165) is 63.1 Å². The van der Waals surface area contributed by atoms with Crippen LogP contribution in [0.3, 0.4) is 0 Å². The van der Waals surface area contributed by atoms with E-state index in [1.807, 2.05) is 0 Å². The van der Waals surface area contributed by atoms with E-state index < -0.39 is 0 Å². The molecule has 0 aromatic heterocycles. The van der Waals surface area contributed by atoms with Gasteiger partial charge in [0.15, 0.2) is 5.11 Å². The minimum atomic E-state index is 0.0919. The molecule has 130 valence electrons. The van der Waals surface area contributed by atoms with Gasteiger partial charge in [0.1, 0.15) is 5.78 Å². The summed E-state index contributed by atoms with van der Waals surface area (Å²) in [4.78, 5) is 20.4. The number of Topliss-reactive ketones (excluding diaryl/α,β-unsaturated/α-hetero) is 1. The van der Waals surface area contributed by atoms with E-state index in [-0.39, 0.29) is 5.41 Å². The molecular formula is C17H31N4OS+. The van der Waals surface area contributed by atoms with Crippen molar-refractivity contribution in [1.82, 2.24) is 10.2 Å². The third-order valence-electron chi connectivity index (χ3n) is 4.65. The second-order valence-electron chi connectivity index (χ2n) is 7.50. The molecule has 0 radical (unpaired) electrons. The Balaban J connectivity index is 1.72. The van der Waals surface area contributed by atoms with E-state index in [0.29, 0.717) is 18.6 Å². The summed E-state index contributed by atoms with van der Waals surface area (Å²) in [5, 5.41) is 4.11. The van der Waals surface area contributed by atoms with Crippen LogP contribution in [0.1, 0.15) is 40.0 Å². The van der Waals surface area contributed by atoms with E-state index in [9.17, 15) is 4.79 Å². The normalized spacial score (nSPS) is 24.0. The lowest BCUT2D eigenvalue weighted by Gasteiger charge is -2.33. The summed E-state index contributed by atoms with van der Waals surface area (Å²) in [7, 11) is 0. The number of carbonyl (C=O) groups excluding carboxylic acids is 1. The van der Waals surface area contributed by atoms with E-state index in [2.05, 4.69) is 31.0 Å². The van der Waals surface area contributed by atoms with Crippen LogP contribution in [-0.2, 0) is 4.79 Å². The highest BCUT2D eigenvalue weighted by atomic mass is 32.1. The predicted molar refractivity (Wildman–Crippen MR) is 98.4 cm³/mol. The van der Waals surface area contributed by atoms with Gasteiger partial charge in [-0.05, 0) is 31.0 Å². The van der Waals surface area contributed by atoms with Crippen LogP contribution >= 0.6 is 12.2 Å². The van der Waals surface area contributed by atoms with Gasteiger partial charge in [-0.1, -0.05) is 13.8 Å². The van der Waals surface area contributed by atoms with Gasteiger partial charge in [0.05, 0.1) is 39.3 Å². The van der Waals surface area contributed by atoms with E-state index in [1.165, 1.54) is 0 Å². The molecule has 1 saturated heterocycles. The summed E-state index contributed by atoms with van der Waals surface area (Å²) in [5.41, 5.74) is 1.20. The monoisotopic (exact) mass is 339 g/mol. The predicted octanol–water partition coefficient (Wildman–Crippen LogP) is 0.302.